The molecule has 5 rings (SSSR count). The van der Waals surface area contributed by atoms with Gasteiger partial charge in [0.15, 0.2) is 16.6 Å². The van der Waals surface area contributed by atoms with Crippen molar-refractivity contribution in [3.63, 3.8) is 0 Å². The monoisotopic (exact) mass is 418 g/mol. The molecule has 1 fully saturated rings. The third-order valence-corrected chi connectivity index (χ3v) is 5.68. The molecule has 4 heterocycles. The Kier molecular flexibility index (Phi) is 5.19. The Labute approximate surface area is 179 Å². The van der Waals surface area contributed by atoms with Crippen molar-refractivity contribution in [2.24, 2.45) is 0 Å². The molecule has 0 spiro atoms. The van der Waals surface area contributed by atoms with E-state index in [4.69, 9.17) is 31.0 Å². The van der Waals surface area contributed by atoms with Gasteiger partial charge in [-0.05, 0) is 67.5 Å². The van der Waals surface area contributed by atoms with Crippen molar-refractivity contribution in [3.8, 4) is 22.9 Å². The Morgan fingerprint density at radius 1 is 0.833 bits per heavy atom. The van der Waals surface area contributed by atoms with E-state index in [0.29, 0.717) is 22.9 Å². The molecule has 0 saturated carbocycles. The van der Waals surface area contributed by atoms with E-state index in [1.165, 1.54) is 25.7 Å². The highest BCUT2D eigenvalue weighted by atomic mass is 32.1. The largest absolute Gasteiger partial charge is 0.463 e. The lowest BCUT2D eigenvalue weighted by atomic mass is 10.1. The van der Waals surface area contributed by atoms with Gasteiger partial charge < -0.3 is 19.1 Å². The van der Waals surface area contributed by atoms with Crippen LogP contribution in [-0.4, -0.2) is 33.1 Å². The Bertz CT molecular complexity index is 1150. The smallest absolute Gasteiger partial charge is 0.173 e. The maximum absolute atomic E-state index is 5.66. The maximum atomic E-state index is 5.66. The second-order valence-corrected chi connectivity index (χ2v) is 7.80. The molecule has 1 N–H and O–H groups in total. The molecule has 1 saturated heterocycles. The molecule has 0 aliphatic carbocycles. The first-order chi connectivity index (χ1) is 14.8. The van der Waals surface area contributed by atoms with Gasteiger partial charge in [-0.1, -0.05) is 12.8 Å². The summed E-state index contributed by atoms with van der Waals surface area (Å²) in [5.41, 5.74) is 3.75. The molecular formula is C23H22N4O2S. The molecule has 0 unspecified atom stereocenters. The number of furan rings is 2. The molecular weight excluding hydrogens is 396 g/mol. The summed E-state index contributed by atoms with van der Waals surface area (Å²) < 4.78 is 11.2. The Hall–Kier alpha value is -3.19. The van der Waals surface area contributed by atoms with Crippen LogP contribution in [0.4, 0.5) is 5.69 Å². The number of benzene rings is 1. The SMILES string of the molecule is S=C(Nc1ccc2nc(-c3ccco3)c(-c3ccco3)nc2c1)N1CCCCCC1. The van der Waals surface area contributed by atoms with Crippen molar-refractivity contribution in [1.82, 2.24) is 14.9 Å². The van der Waals surface area contributed by atoms with Gasteiger partial charge in [0.1, 0.15) is 11.4 Å². The van der Waals surface area contributed by atoms with Crippen molar-refractivity contribution in [2.75, 3.05) is 18.4 Å². The summed E-state index contributed by atoms with van der Waals surface area (Å²) in [6, 6.07) is 13.3. The van der Waals surface area contributed by atoms with Gasteiger partial charge in [0.2, 0.25) is 0 Å². The Balaban J connectivity index is 1.50. The predicted molar refractivity (Wildman–Crippen MR) is 121 cm³/mol. The van der Waals surface area contributed by atoms with Gasteiger partial charge in [0, 0.05) is 18.8 Å². The van der Waals surface area contributed by atoms with E-state index in [-0.39, 0.29) is 0 Å². The van der Waals surface area contributed by atoms with Crippen LogP contribution in [0.2, 0.25) is 0 Å². The molecule has 3 aromatic heterocycles. The number of rotatable bonds is 3. The minimum Gasteiger partial charge on any atom is -0.463 e. The van der Waals surface area contributed by atoms with E-state index in [1.807, 2.05) is 42.5 Å². The first-order valence-electron chi connectivity index (χ1n) is 10.2. The van der Waals surface area contributed by atoms with Crippen LogP contribution in [0.3, 0.4) is 0 Å². The number of thiocarbonyl (C=S) groups is 1. The lowest BCUT2D eigenvalue weighted by molar-refractivity contribution is 0.441. The molecule has 4 aromatic rings. The van der Waals surface area contributed by atoms with Crippen LogP contribution in [0.5, 0.6) is 0 Å². The molecule has 152 valence electrons. The zero-order valence-corrected chi connectivity index (χ0v) is 17.3. The standard InChI is InChI=1S/C23H22N4O2S/c30-23(27-11-3-1-2-4-12-27)24-16-9-10-17-18(15-16)26-22(20-8-6-14-29-20)21(25-17)19-7-5-13-28-19/h5-10,13-15H,1-4,11-12H2,(H,24,30). The van der Waals surface area contributed by atoms with Crippen LogP contribution in [0.25, 0.3) is 33.9 Å². The number of likely N-dealkylation sites (tertiary alicyclic amines) is 1. The summed E-state index contributed by atoms with van der Waals surface area (Å²) in [7, 11) is 0. The van der Waals surface area contributed by atoms with Crippen molar-refractivity contribution >= 4 is 34.1 Å². The molecule has 1 aromatic carbocycles. The molecule has 0 atom stereocenters. The fraction of sp³-hybridized carbons (Fsp3) is 0.261. The summed E-state index contributed by atoms with van der Waals surface area (Å²) in [6.07, 6.45) is 8.19. The second-order valence-electron chi connectivity index (χ2n) is 7.41. The molecule has 0 amide bonds. The zero-order chi connectivity index (χ0) is 20.3. The molecule has 7 heteroatoms. The third-order valence-electron chi connectivity index (χ3n) is 5.32. The lowest BCUT2D eigenvalue weighted by Gasteiger charge is -2.24. The molecule has 0 radical (unpaired) electrons. The number of fused-ring (bicyclic) bond motifs is 1. The summed E-state index contributed by atoms with van der Waals surface area (Å²) in [4.78, 5) is 11.9. The van der Waals surface area contributed by atoms with Gasteiger partial charge in [0.05, 0.1) is 23.6 Å². The van der Waals surface area contributed by atoms with Crippen molar-refractivity contribution in [3.05, 3.63) is 55.0 Å². The normalized spacial score (nSPS) is 14.6. The maximum Gasteiger partial charge on any atom is 0.173 e. The van der Waals surface area contributed by atoms with Crippen LogP contribution in [0, 0.1) is 0 Å². The lowest BCUT2D eigenvalue weighted by Crippen LogP contribution is -2.35. The highest BCUT2D eigenvalue weighted by molar-refractivity contribution is 7.80. The number of anilines is 1. The van der Waals surface area contributed by atoms with E-state index in [0.717, 1.165) is 34.9 Å². The van der Waals surface area contributed by atoms with Crippen molar-refractivity contribution in [1.29, 1.82) is 0 Å². The van der Waals surface area contributed by atoms with Crippen LogP contribution in [0.15, 0.2) is 63.8 Å². The third kappa shape index (κ3) is 3.80. The highest BCUT2D eigenvalue weighted by Gasteiger charge is 2.18. The molecule has 1 aliphatic rings. The minimum atomic E-state index is 0.647. The fourth-order valence-electron chi connectivity index (χ4n) is 3.78. The van der Waals surface area contributed by atoms with E-state index in [2.05, 4.69) is 10.2 Å². The second kappa shape index (κ2) is 8.28. The van der Waals surface area contributed by atoms with Crippen LogP contribution >= 0.6 is 12.2 Å². The molecule has 1 aliphatic heterocycles. The molecule has 0 bridgehead atoms. The van der Waals surface area contributed by atoms with Crippen LogP contribution in [0.1, 0.15) is 25.7 Å². The summed E-state index contributed by atoms with van der Waals surface area (Å²) in [5, 5.41) is 4.14. The average Bonchev–Trinajstić information content (AvgIpc) is 3.43. The van der Waals surface area contributed by atoms with Gasteiger partial charge >= 0.3 is 0 Å². The summed E-state index contributed by atoms with van der Waals surface area (Å²) in [6.45, 7) is 2.02. The number of nitrogens with zero attached hydrogens (tertiary/aromatic N) is 3. The Morgan fingerprint density at radius 3 is 2.07 bits per heavy atom. The number of hydrogen-bond acceptors (Lipinski definition) is 5. The van der Waals surface area contributed by atoms with E-state index in [1.54, 1.807) is 12.5 Å². The van der Waals surface area contributed by atoms with Gasteiger partial charge in [0.25, 0.3) is 0 Å². The minimum absolute atomic E-state index is 0.647. The first kappa shape index (κ1) is 18.8. The van der Waals surface area contributed by atoms with Gasteiger partial charge in [-0.15, -0.1) is 0 Å². The van der Waals surface area contributed by atoms with Gasteiger partial charge in [-0.2, -0.15) is 0 Å². The van der Waals surface area contributed by atoms with E-state index >= 15 is 0 Å². The topological polar surface area (TPSA) is 67.3 Å². The highest BCUT2D eigenvalue weighted by Crippen LogP contribution is 2.32. The molecule has 30 heavy (non-hydrogen) atoms. The van der Waals surface area contributed by atoms with Crippen LogP contribution in [-0.2, 0) is 0 Å². The zero-order valence-electron chi connectivity index (χ0n) is 16.5. The molecule has 6 nitrogen and oxygen atoms in total. The average molecular weight is 419 g/mol. The Morgan fingerprint density at radius 2 is 1.47 bits per heavy atom. The summed E-state index contributed by atoms with van der Waals surface area (Å²) >= 11 is 5.66. The first-order valence-corrected chi connectivity index (χ1v) is 10.6. The fourth-order valence-corrected chi connectivity index (χ4v) is 4.08. The van der Waals surface area contributed by atoms with E-state index < -0.39 is 0 Å². The number of aromatic nitrogens is 2. The number of nitrogens with one attached hydrogen (secondary N) is 1. The quantitative estimate of drug-likeness (QED) is 0.427. The number of hydrogen-bond donors (Lipinski definition) is 1. The van der Waals surface area contributed by atoms with E-state index in [9.17, 15) is 0 Å². The summed E-state index contributed by atoms with van der Waals surface area (Å²) in [5.74, 6) is 1.30. The van der Waals surface area contributed by atoms with Crippen molar-refractivity contribution in [2.45, 2.75) is 25.7 Å². The predicted octanol–water partition coefficient (Wildman–Crippen LogP) is 5.72. The van der Waals surface area contributed by atoms with Gasteiger partial charge in [-0.3, -0.25) is 0 Å². The van der Waals surface area contributed by atoms with Crippen LogP contribution < -0.4 is 5.32 Å². The van der Waals surface area contributed by atoms with Crippen molar-refractivity contribution < 1.29 is 8.83 Å². The van der Waals surface area contributed by atoms with Gasteiger partial charge in [-0.25, -0.2) is 9.97 Å².